The second-order valence-corrected chi connectivity index (χ2v) is 12.8. The Morgan fingerprint density at radius 3 is 1.35 bits per heavy atom. The molecule has 2 fully saturated rings. The summed E-state index contributed by atoms with van der Waals surface area (Å²) < 4.78 is 18.5. The van der Waals surface area contributed by atoms with Crippen LogP contribution < -0.4 is 14.2 Å². The lowest BCUT2D eigenvalue weighted by molar-refractivity contribution is -0.255. The third-order valence-electron chi connectivity index (χ3n) is 7.27. The molecular formula is C27H41N5O5. The van der Waals surface area contributed by atoms with Crippen molar-refractivity contribution in [3.05, 3.63) is 30.3 Å². The van der Waals surface area contributed by atoms with Crippen LogP contribution in [0.4, 0.5) is 0 Å². The van der Waals surface area contributed by atoms with Crippen LogP contribution in [0.5, 0.6) is 23.8 Å². The van der Waals surface area contributed by atoms with Crippen molar-refractivity contribution in [2.24, 2.45) is 0 Å². The molecule has 0 aliphatic carbocycles. The van der Waals surface area contributed by atoms with Gasteiger partial charge in [-0.1, -0.05) is 18.2 Å². The van der Waals surface area contributed by atoms with E-state index in [-0.39, 0.29) is 30.2 Å². The van der Waals surface area contributed by atoms with Gasteiger partial charge in [-0.05, 0) is 67.5 Å². The molecule has 0 atom stereocenters. The topological polar surface area (TPSA) is 113 Å². The summed E-state index contributed by atoms with van der Waals surface area (Å²) in [5.74, 6) is 0.581. The first-order valence-electron chi connectivity index (χ1n) is 12.9. The van der Waals surface area contributed by atoms with Crippen LogP contribution in [0.2, 0.25) is 0 Å². The Balaban J connectivity index is 1.61. The van der Waals surface area contributed by atoms with E-state index in [0.717, 1.165) is 0 Å². The Hall–Kier alpha value is -2.53. The lowest BCUT2D eigenvalue weighted by Gasteiger charge is -2.51. The molecule has 10 nitrogen and oxygen atoms in total. The quantitative estimate of drug-likeness (QED) is 0.529. The van der Waals surface area contributed by atoms with E-state index < -0.39 is 22.2 Å². The molecule has 2 aliphatic rings. The first-order valence-corrected chi connectivity index (χ1v) is 12.9. The fourth-order valence-electron chi connectivity index (χ4n) is 5.89. The number of para-hydroxylation sites is 1. The SMILES string of the molecule is CC1(C)CC(Oc2nc(Oc3ccccc3)nc(OC3CC(C)(C)N(O)C(C)(C)C3)n2)CC(C)(C)N1O. The molecule has 0 amide bonds. The number of hydrogen-bond donors (Lipinski definition) is 2. The molecule has 0 spiro atoms. The molecule has 204 valence electrons. The highest BCUT2D eigenvalue weighted by Crippen LogP contribution is 2.40. The van der Waals surface area contributed by atoms with E-state index >= 15 is 0 Å². The van der Waals surface area contributed by atoms with Gasteiger partial charge in [0.05, 0.1) is 0 Å². The maximum Gasteiger partial charge on any atom is 0.331 e. The fourth-order valence-corrected chi connectivity index (χ4v) is 5.89. The predicted molar refractivity (Wildman–Crippen MR) is 137 cm³/mol. The third-order valence-corrected chi connectivity index (χ3v) is 7.27. The van der Waals surface area contributed by atoms with Crippen LogP contribution in [0, 0.1) is 0 Å². The van der Waals surface area contributed by atoms with Gasteiger partial charge in [0, 0.05) is 47.8 Å². The van der Waals surface area contributed by atoms with Gasteiger partial charge >= 0.3 is 18.0 Å². The maximum atomic E-state index is 10.7. The van der Waals surface area contributed by atoms with Gasteiger partial charge < -0.3 is 24.6 Å². The van der Waals surface area contributed by atoms with Crippen molar-refractivity contribution in [2.45, 2.75) is 115 Å². The van der Waals surface area contributed by atoms with Gasteiger partial charge in [0.2, 0.25) is 0 Å². The van der Waals surface area contributed by atoms with Gasteiger partial charge in [-0.15, -0.1) is 15.0 Å². The van der Waals surface area contributed by atoms with Crippen molar-refractivity contribution >= 4 is 0 Å². The molecule has 0 bridgehead atoms. The van der Waals surface area contributed by atoms with Gasteiger partial charge in [0.15, 0.2) is 0 Å². The van der Waals surface area contributed by atoms with Crippen molar-refractivity contribution in [3.63, 3.8) is 0 Å². The highest BCUT2D eigenvalue weighted by atomic mass is 16.5. The van der Waals surface area contributed by atoms with Crippen LogP contribution >= 0.6 is 0 Å². The number of hydrogen-bond acceptors (Lipinski definition) is 10. The van der Waals surface area contributed by atoms with Crippen molar-refractivity contribution < 1.29 is 24.6 Å². The zero-order chi connectivity index (χ0) is 27.2. The molecule has 0 unspecified atom stereocenters. The number of aromatic nitrogens is 3. The maximum absolute atomic E-state index is 10.7. The van der Waals surface area contributed by atoms with E-state index in [9.17, 15) is 10.4 Å². The minimum absolute atomic E-state index is 0.0717. The summed E-state index contributed by atoms with van der Waals surface area (Å²) in [4.78, 5) is 13.4. The second-order valence-electron chi connectivity index (χ2n) is 12.8. The Labute approximate surface area is 219 Å². The summed E-state index contributed by atoms with van der Waals surface area (Å²) in [6.07, 6.45) is 1.87. The normalized spacial score (nSPS) is 23.9. The smallest absolute Gasteiger partial charge is 0.331 e. The fraction of sp³-hybridized carbons (Fsp3) is 0.667. The molecule has 37 heavy (non-hydrogen) atoms. The lowest BCUT2D eigenvalue weighted by Crippen LogP contribution is -2.61. The van der Waals surface area contributed by atoms with Crippen LogP contribution in [-0.2, 0) is 0 Å². The van der Waals surface area contributed by atoms with Gasteiger partial charge in [-0.3, -0.25) is 0 Å². The second kappa shape index (κ2) is 9.65. The largest absolute Gasteiger partial charge is 0.460 e. The minimum Gasteiger partial charge on any atom is -0.460 e. The summed E-state index contributed by atoms with van der Waals surface area (Å²) in [5.41, 5.74) is -1.95. The number of benzene rings is 1. The summed E-state index contributed by atoms with van der Waals surface area (Å²) in [5, 5.41) is 24.1. The predicted octanol–water partition coefficient (Wildman–Crippen LogP) is 5.24. The van der Waals surface area contributed by atoms with E-state index in [2.05, 4.69) is 15.0 Å². The highest BCUT2D eigenvalue weighted by molar-refractivity contribution is 5.25. The Morgan fingerprint density at radius 2 is 0.973 bits per heavy atom. The highest BCUT2D eigenvalue weighted by Gasteiger charge is 2.47. The first-order chi connectivity index (χ1) is 17.1. The van der Waals surface area contributed by atoms with E-state index in [0.29, 0.717) is 31.4 Å². The van der Waals surface area contributed by atoms with Crippen molar-refractivity contribution in [3.8, 4) is 23.8 Å². The van der Waals surface area contributed by atoms with E-state index in [1.54, 1.807) is 0 Å². The number of ether oxygens (including phenoxy) is 3. The lowest BCUT2D eigenvalue weighted by atomic mass is 9.80. The van der Waals surface area contributed by atoms with Crippen LogP contribution in [-0.4, -0.2) is 69.9 Å². The van der Waals surface area contributed by atoms with Gasteiger partial charge in [-0.25, -0.2) is 0 Å². The Morgan fingerprint density at radius 1 is 0.622 bits per heavy atom. The van der Waals surface area contributed by atoms with Gasteiger partial charge in [0.25, 0.3) is 0 Å². The monoisotopic (exact) mass is 515 g/mol. The molecule has 2 N–H and O–H groups in total. The summed E-state index contributed by atoms with van der Waals surface area (Å²) in [6, 6.07) is 9.55. The standard InChI is InChI=1S/C27H41N5O5/c1-24(2)14-19(15-25(3,4)31(24)33)36-22-28-21(35-18-12-10-9-11-13-18)29-23(30-22)37-20-16-26(5,6)32(34)27(7,8)17-20/h9-13,19-20,33-34H,14-17H2,1-8H3. The summed E-state index contributed by atoms with van der Waals surface area (Å²) in [6.45, 7) is 15.8. The van der Waals surface area contributed by atoms with E-state index in [4.69, 9.17) is 14.2 Å². The Kier molecular flexibility index (Phi) is 7.17. The van der Waals surface area contributed by atoms with Crippen LogP contribution in [0.25, 0.3) is 0 Å². The minimum atomic E-state index is -0.489. The number of hydroxylamine groups is 4. The van der Waals surface area contributed by atoms with Crippen LogP contribution in [0.15, 0.2) is 30.3 Å². The van der Waals surface area contributed by atoms with Crippen LogP contribution in [0.3, 0.4) is 0 Å². The molecule has 2 aliphatic heterocycles. The van der Waals surface area contributed by atoms with Gasteiger partial charge in [0.1, 0.15) is 18.0 Å². The molecule has 3 heterocycles. The van der Waals surface area contributed by atoms with Gasteiger partial charge in [-0.2, -0.15) is 10.1 Å². The zero-order valence-electron chi connectivity index (χ0n) is 23.2. The molecule has 2 saturated heterocycles. The van der Waals surface area contributed by atoms with Crippen molar-refractivity contribution in [1.82, 2.24) is 25.1 Å². The van der Waals surface area contributed by atoms with Crippen molar-refractivity contribution in [1.29, 1.82) is 0 Å². The van der Waals surface area contributed by atoms with Crippen LogP contribution in [0.1, 0.15) is 81.1 Å². The molecular weight excluding hydrogens is 474 g/mol. The van der Waals surface area contributed by atoms with Crippen molar-refractivity contribution in [2.75, 3.05) is 0 Å². The Bertz CT molecular complexity index is 994. The third kappa shape index (κ3) is 6.14. The molecule has 2 aromatic rings. The number of rotatable bonds is 6. The average Bonchev–Trinajstić information content (AvgIpc) is 2.75. The zero-order valence-corrected chi connectivity index (χ0v) is 23.2. The summed E-state index contributed by atoms with van der Waals surface area (Å²) >= 11 is 0. The van der Waals surface area contributed by atoms with E-state index in [1.807, 2.05) is 85.7 Å². The number of piperidine rings is 2. The molecule has 10 heteroatoms. The average molecular weight is 516 g/mol. The molecule has 1 aromatic heterocycles. The van der Waals surface area contributed by atoms with E-state index in [1.165, 1.54) is 10.1 Å². The molecule has 0 radical (unpaired) electrons. The molecule has 4 rings (SSSR count). The summed E-state index contributed by atoms with van der Waals surface area (Å²) in [7, 11) is 0. The molecule has 0 saturated carbocycles. The number of nitrogens with zero attached hydrogens (tertiary/aromatic N) is 5. The molecule has 1 aromatic carbocycles. The first kappa shape index (κ1) is 27.5.